The van der Waals surface area contributed by atoms with Crippen LogP contribution in [0.5, 0.6) is 0 Å². The van der Waals surface area contributed by atoms with Crippen LogP contribution >= 0.6 is 0 Å². The van der Waals surface area contributed by atoms with Gasteiger partial charge in [0.05, 0.1) is 6.61 Å². The van der Waals surface area contributed by atoms with Gasteiger partial charge in [0, 0.05) is 19.7 Å². The Hall–Kier alpha value is -1.65. The molecular formula is C14H19NO3. The molecule has 1 aromatic carbocycles. The Labute approximate surface area is 107 Å². The number of amides is 1. The number of hydrogen-bond donors (Lipinski definition) is 2. The van der Waals surface area contributed by atoms with Crippen molar-refractivity contribution in [3.8, 4) is 0 Å². The summed E-state index contributed by atoms with van der Waals surface area (Å²) in [6, 6.07) is 9.54. The molecule has 1 rings (SSSR count). The first-order chi connectivity index (χ1) is 8.53. The van der Waals surface area contributed by atoms with E-state index in [1.807, 2.05) is 30.3 Å². The first kappa shape index (κ1) is 14.4. The number of carbonyl (C=O) groups excluding carboxylic acids is 1. The van der Waals surface area contributed by atoms with Crippen LogP contribution in [0, 0.1) is 0 Å². The SMILES string of the molecule is COC[C@](C)(O)CNC(=O)/C=C/c1ccccc1. The quantitative estimate of drug-likeness (QED) is 0.745. The topological polar surface area (TPSA) is 58.6 Å². The predicted octanol–water partition coefficient (Wildman–Crippen LogP) is 1.21. The van der Waals surface area contributed by atoms with E-state index < -0.39 is 5.60 Å². The fourth-order valence-corrected chi connectivity index (χ4v) is 1.43. The Morgan fingerprint density at radius 2 is 2.11 bits per heavy atom. The number of methoxy groups -OCH3 is 1. The van der Waals surface area contributed by atoms with Crippen LogP contribution in [0.2, 0.25) is 0 Å². The van der Waals surface area contributed by atoms with Crippen LogP contribution in [-0.4, -0.2) is 36.9 Å². The average molecular weight is 249 g/mol. The Bertz CT molecular complexity index is 399. The van der Waals surface area contributed by atoms with Crippen LogP contribution in [0.25, 0.3) is 6.08 Å². The van der Waals surface area contributed by atoms with Gasteiger partial charge in [0.25, 0.3) is 0 Å². The van der Waals surface area contributed by atoms with E-state index in [1.54, 1.807) is 13.0 Å². The molecule has 0 bridgehead atoms. The van der Waals surface area contributed by atoms with E-state index in [0.29, 0.717) is 0 Å². The largest absolute Gasteiger partial charge is 0.386 e. The van der Waals surface area contributed by atoms with E-state index in [9.17, 15) is 9.90 Å². The lowest BCUT2D eigenvalue weighted by Gasteiger charge is -2.21. The molecule has 0 spiro atoms. The molecule has 0 aliphatic heterocycles. The summed E-state index contributed by atoms with van der Waals surface area (Å²) in [5.74, 6) is -0.241. The van der Waals surface area contributed by atoms with Gasteiger partial charge in [-0.2, -0.15) is 0 Å². The van der Waals surface area contributed by atoms with Crippen molar-refractivity contribution in [1.29, 1.82) is 0 Å². The van der Waals surface area contributed by atoms with Gasteiger partial charge in [-0.1, -0.05) is 30.3 Å². The highest BCUT2D eigenvalue weighted by Gasteiger charge is 2.20. The Morgan fingerprint density at radius 3 is 2.72 bits per heavy atom. The zero-order valence-electron chi connectivity index (χ0n) is 10.7. The first-order valence-electron chi connectivity index (χ1n) is 5.76. The summed E-state index contributed by atoms with van der Waals surface area (Å²) in [7, 11) is 1.51. The van der Waals surface area contributed by atoms with Crippen molar-refractivity contribution >= 4 is 12.0 Å². The molecule has 0 heterocycles. The Balaban J connectivity index is 2.41. The van der Waals surface area contributed by atoms with Gasteiger partial charge in [0.1, 0.15) is 5.60 Å². The lowest BCUT2D eigenvalue weighted by atomic mass is 10.1. The summed E-state index contributed by atoms with van der Waals surface area (Å²) >= 11 is 0. The van der Waals surface area contributed by atoms with Gasteiger partial charge in [0.15, 0.2) is 0 Å². The zero-order valence-corrected chi connectivity index (χ0v) is 10.7. The van der Waals surface area contributed by atoms with Gasteiger partial charge >= 0.3 is 0 Å². The third kappa shape index (κ3) is 5.61. The lowest BCUT2D eigenvalue weighted by molar-refractivity contribution is -0.118. The van der Waals surface area contributed by atoms with Crippen LogP contribution in [0.15, 0.2) is 36.4 Å². The minimum atomic E-state index is -1.05. The summed E-state index contributed by atoms with van der Waals surface area (Å²) < 4.78 is 4.85. The third-order valence-corrected chi connectivity index (χ3v) is 2.33. The summed E-state index contributed by atoms with van der Waals surface area (Å²) in [5.41, 5.74) is -0.0957. The van der Waals surface area contributed by atoms with E-state index in [0.717, 1.165) is 5.56 Å². The van der Waals surface area contributed by atoms with Gasteiger partial charge < -0.3 is 15.2 Å². The van der Waals surface area contributed by atoms with Gasteiger partial charge in [-0.25, -0.2) is 0 Å². The van der Waals surface area contributed by atoms with Crippen LogP contribution in [-0.2, 0) is 9.53 Å². The number of ether oxygens (including phenoxy) is 1. The van der Waals surface area contributed by atoms with E-state index in [-0.39, 0.29) is 19.1 Å². The molecule has 18 heavy (non-hydrogen) atoms. The smallest absolute Gasteiger partial charge is 0.244 e. The molecule has 0 aliphatic rings. The lowest BCUT2D eigenvalue weighted by Crippen LogP contribution is -2.43. The van der Waals surface area contributed by atoms with Crippen molar-refractivity contribution < 1.29 is 14.6 Å². The second-order valence-electron chi connectivity index (χ2n) is 4.39. The highest BCUT2D eigenvalue weighted by Crippen LogP contribution is 2.02. The predicted molar refractivity (Wildman–Crippen MR) is 71.0 cm³/mol. The maximum Gasteiger partial charge on any atom is 0.244 e. The zero-order chi connectivity index (χ0) is 13.4. The summed E-state index contributed by atoms with van der Waals surface area (Å²) in [4.78, 5) is 11.5. The van der Waals surface area contributed by atoms with E-state index in [1.165, 1.54) is 13.2 Å². The van der Waals surface area contributed by atoms with Crippen LogP contribution < -0.4 is 5.32 Å². The van der Waals surface area contributed by atoms with Crippen LogP contribution in [0.1, 0.15) is 12.5 Å². The van der Waals surface area contributed by atoms with Crippen LogP contribution in [0.4, 0.5) is 0 Å². The Kier molecular flexibility index (Phi) is 5.55. The fourth-order valence-electron chi connectivity index (χ4n) is 1.43. The molecule has 1 atom stereocenters. The van der Waals surface area contributed by atoms with E-state index in [4.69, 9.17) is 4.74 Å². The van der Waals surface area contributed by atoms with Crippen molar-refractivity contribution in [3.05, 3.63) is 42.0 Å². The minimum absolute atomic E-state index is 0.152. The third-order valence-electron chi connectivity index (χ3n) is 2.33. The second kappa shape index (κ2) is 6.93. The van der Waals surface area contributed by atoms with Gasteiger partial charge in [0.2, 0.25) is 5.91 Å². The number of hydrogen-bond acceptors (Lipinski definition) is 3. The highest BCUT2D eigenvalue weighted by atomic mass is 16.5. The molecule has 0 saturated carbocycles. The van der Waals surface area contributed by atoms with Gasteiger partial charge in [-0.15, -0.1) is 0 Å². The maximum absolute atomic E-state index is 11.5. The van der Waals surface area contributed by atoms with Crippen molar-refractivity contribution in [1.82, 2.24) is 5.32 Å². The normalized spacial score (nSPS) is 14.4. The molecule has 1 aromatic rings. The molecule has 4 heteroatoms. The van der Waals surface area contributed by atoms with Crippen molar-refractivity contribution in [2.75, 3.05) is 20.3 Å². The standard InChI is InChI=1S/C14H19NO3/c1-14(17,11-18-2)10-15-13(16)9-8-12-6-4-3-5-7-12/h3-9,17H,10-11H2,1-2H3,(H,15,16)/b9-8+/t14-/m1/s1. The van der Waals surface area contributed by atoms with Crippen molar-refractivity contribution in [3.63, 3.8) is 0 Å². The first-order valence-corrected chi connectivity index (χ1v) is 5.76. The minimum Gasteiger partial charge on any atom is -0.386 e. The molecule has 4 nitrogen and oxygen atoms in total. The van der Waals surface area contributed by atoms with Gasteiger partial charge in [-0.3, -0.25) is 4.79 Å². The second-order valence-corrected chi connectivity index (χ2v) is 4.39. The molecule has 1 amide bonds. The molecule has 0 aliphatic carbocycles. The molecular weight excluding hydrogens is 230 g/mol. The highest BCUT2D eigenvalue weighted by molar-refractivity contribution is 5.91. The number of benzene rings is 1. The molecule has 2 N–H and O–H groups in total. The summed E-state index contributed by atoms with van der Waals surface area (Å²) in [6.45, 7) is 1.94. The molecule has 0 unspecified atom stereocenters. The van der Waals surface area contributed by atoms with E-state index >= 15 is 0 Å². The molecule has 0 fully saturated rings. The average Bonchev–Trinajstić information content (AvgIpc) is 2.35. The maximum atomic E-state index is 11.5. The molecule has 0 saturated heterocycles. The number of nitrogens with one attached hydrogen (secondary N) is 1. The van der Waals surface area contributed by atoms with Crippen molar-refractivity contribution in [2.24, 2.45) is 0 Å². The number of carbonyl (C=O) groups is 1. The number of aliphatic hydroxyl groups is 1. The molecule has 0 aromatic heterocycles. The monoisotopic (exact) mass is 249 g/mol. The molecule has 0 radical (unpaired) electrons. The Morgan fingerprint density at radius 1 is 1.44 bits per heavy atom. The van der Waals surface area contributed by atoms with E-state index in [2.05, 4.69) is 5.32 Å². The van der Waals surface area contributed by atoms with Crippen LogP contribution in [0.3, 0.4) is 0 Å². The number of rotatable bonds is 6. The summed E-state index contributed by atoms with van der Waals surface area (Å²) in [5, 5.41) is 12.4. The van der Waals surface area contributed by atoms with Crippen molar-refractivity contribution in [2.45, 2.75) is 12.5 Å². The molecule has 98 valence electrons. The van der Waals surface area contributed by atoms with Gasteiger partial charge in [-0.05, 0) is 18.6 Å². The summed E-state index contributed by atoms with van der Waals surface area (Å²) in [6.07, 6.45) is 3.17. The fraction of sp³-hybridized carbons (Fsp3) is 0.357.